The molecule has 3 nitrogen and oxygen atoms in total. The molecule has 21 heavy (non-hydrogen) atoms. The second-order valence-corrected chi connectivity index (χ2v) is 4.97. The fourth-order valence-corrected chi connectivity index (χ4v) is 1.87. The van der Waals surface area contributed by atoms with Crippen molar-refractivity contribution in [1.29, 1.82) is 0 Å². The molecule has 0 fully saturated rings. The van der Waals surface area contributed by atoms with Gasteiger partial charge in [0.05, 0.1) is 6.54 Å². The van der Waals surface area contributed by atoms with E-state index in [1.807, 2.05) is 0 Å². The molecule has 2 rings (SSSR count). The molecule has 0 spiro atoms. The van der Waals surface area contributed by atoms with E-state index in [2.05, 4.69) is 5.32 Å². The van der Waals surface area contributed by atoms with Crippen LogP contribution in [-0.2, 0) is 5.60 Å². The minimum atomic E-state index is -1.33. The molecule has 0 saturated heterocycles. The number of rotatable bonds is 4. The van der Waals surface area contributed by atoms with Crippen molar-refractivity contribution in [2.75, 3.05) is 6.54 Å². The summed E-state index contributed by atoms with van der Waals surface area (Å²) in [4.78, 5) is 11.9. The van der Waals surface area contributed by atoms with E-state index in [0.717, 1.165) is 0 Å². The number of aliphatic hydroxyl groups is 1. The molecule has 2 N–H and O–H groups in total. The van der Waals surface area contributed by atoms with Crippen molar-refractivity contribution in [3.8, 4) is 0 Å². The van der Waals surface area contributed by atoms with Crippen molar-refractivity contribution in [3.63, 3.8) is 0 Å². The summed E-state index contributed by atoms with van der Waals surface area (Å²) in [6, 6.07) is 10.5. The lowest BCUT2D eigenvalue weighted by atomic mass is 9.96. The van der Waals surface area contributed by atoms with E-state index in [0.29, 0.717) is 11.1 Å². The fraction of sp³-hybridized carbons (Fsp3) is 0.188. The van der Waals surface area contributed by atoms with Crippen molar-refractivity contribution in [3.05, 3.63) is 71.3 Å². The maximum Gasteiger partial charge on any atom is 0.251 e. The van der Waals surface area contributed by atoms with Gasteiger partial charge in [-0.3, -0.25) is 4.79 Å². The fourth-order valence-electron chi connectivity index (χ4n) is 1.87. The molecular weight excluding hydrogens is 276 g/mol. The molecule has 5 heteroatoms. The first-order valence-electron chi connectivity index (χ1n) is 6.41. The number of carbonyl (C=O) groups excluding carboxylic acids is 1. The number of halogens is 2. The summed E-state index contributed by atoms with van der Waals surface area (Å²) in [7, 11) is 0. The van der Waals surface area contributed by atoms with Crippen LogP contribution < -0.4 is 5.32 Å². The van der Waals surface area contributed by atoms with Gasteiger partial charge in [-0.15, -0.1) is 0 Å². The van der Waals surface area contributed by atoms with Gasteiger partial charge < -0.3 is 10.4 Å². The van der Waals surface area contributed by atoms with Gasteiger partial charge in [-0.25, -0.2) is 8.78 Å². The molecule has 0 bridgehead atoms. The van der Waals surface area contributed by atoms with Crippen molar-refractivity contribution < 1.29 is 18.7 Å². The quantitative estimate of drug-likeness (QED) is 0.909. The Morgan fingerprint density at radius 2 is 1.52 bits per heavy atom. The van der Waals surface area contributed by atoms with Gasteiger partial charge in [-0.2, -0.15) is 0 Å². The van der Waals surface area contributed by atoms with Crippen LogP contribution in [0.5, 0.6) is 0 Å². The monoisotopic (exact) mass is 291 g/mol. The Bertz CT molecular complexity index is 622. The maximum absolute atomic E-state index is 12.9. The van der Waals surface area contributed by atoms with Gasteiger partial charge in [0.1, 0.15) is 17.2 Å². The zero-order valence-corrected chi connectivity index (χ0v) is 11.4. The lowest BCUT2D eigenvalue weighted by Crippen LogP contribution is -2.38. The molecule has 0 heterocycles. The van der Waals surface area contributed by atoms with E-state index in [1.54, 1.807) is 0 Å². The second kappa shape index (κ2) is 6.01. The standard InChI is InChI=1S/C16H15F2NO2/c1-16(21,12-4-8-14(18)9-5-12)10-19-15(20)11-2-6-13(17)7-3-11/h2-9,21H,10H2,1H3,(H,19,20). The smallest absolute Gasteiger partial charge is 0.251 e. The number of benzene rings is 2. The van der Waals surface area contributed by atoms with Crippen molar-refractivity contribution >= 4 is 5.91 Å². The SMILES string of the molecule is CC(O)(CNC(=O)c1ccc(F)cc1)c1ccc(F)cc1. The normalized spacial score (nSPS) is 13.5. The van der Waals surface area contributed by atoms with Crippen LogP contribution in [0.15, 0.2) is 48.5 Å². The van der Waals surface area contributed by atoms with Gasteiger partial charge in [0, 0.05) is 5.56 Å². The number of hydrogen-bond donors (Lipinski definition) is 2. The average Bonchev–Trinajstić information content (AvgIpc) is 2.46. The average molecular weight is 291 g/mol. The summed E-state index contributed by atoms with van der Waals surface area (Å²) in [5.74, 6) is -1.24. The molecule has 1 unspecified atom stereocenters. The van der Waals surface area contributed by atoms with Crippen molar-refractivity contribution in [2.45, 2.75) is 12.5 Å². The molecule has 0 aliphatic carbocycles. The van der Waals surface area contributed by atoms with Crippen LogP contribution in [0, 0.1) is 11.6 Å². The molecule has 0 radical (unpaired) electrons. The largest absolute Gasteiger partial charge is 0.384 e. The van der Waals surface area contributed by atoms with Crippen LogP contribution in [0.3, 0.4) is 0 Å². The van der Waals surface area contributed by atoms with E-state index in [9.17, 15) is 18.7 Å². The van der Waals surface area contributed by atoms with Gasteiger partial charge in [-0.05, 0) is 48.9 Å². The molecule has 2 aromatic carbocycles. The van der Waals surface area contributed by atoms with Gasteiger partial charge in [0.25, 0.3) is 5.91 Å². The third kappa shape index (κ3) is 3.86. The van der Waals surface area contributed by atoms with E-state index in [4.69, 9.17) is 0 Å². The second-order valence-electron chi connectivity index (χ2n) is 4.97. The van der Waals surface area contributed by atoms with Crippen LogP contribution in [-0.4, -0.2) is 17.6 Å². The highest BCUT2D eigenvalue weighted by Gasteiger charge is 2.24. The molecule has 0 saturated carbocycles. The Hall–Kier alpha value is -2.27. The Kier molecular flexibility index (Phi) is 4.33. The molecular formula is C16H15F2NO2. The first-order valence-corrected chi connectivity index (χ1v) is 6.41. The topological polar surface area (TPSA) is 49.3 Å². The zero-order chi connectivity index (χ0) is 15.5. The first-order chi connectivity index (χ1) is 9.88. The Morgan fingerprint density at radius 3 is 2.05 bits per heavy atom. The molecule has 0 aliphatic heterocycles. The van der Waals surface area contributed by atoms with Gasteiger partial charge in [-0.1, -0.05) is 12.1 Å². The minimum Gasteiger partial charge on any atom is -0.384 e. The predicted octanol–water partition coefficient (Wildman–Crippen LogP) is 2.60. The van der Waals surface area contributed by atoms with Gasteiger partial charge in [0.15, 0.2) is 0 Å². The Balaban J connectivity index is 2.02. The summed E-state index contributed by atoms with van der Waals surface area (Å²) < 4.78 is 25.6. The third-order valence-corrected chi connectivity index (χ3v) is 3.17. The summed E-state index contributed by atoms with van der Waals surface area (Å²) in [6.45, 7) is 1.47. The summed E-state index contributed by atoms with van der Waals surface area (Å²) >= 11 is 0. The predicted molar refractivity (Wildman–Crippen MR) is 74.7 cm³/mol. The van der Waals surface area contributed by atoms with Gasteiger partial charge >= 0.3 is 0 Å². The van der Waals surface area contributed by atoms with Crippen LogP contribution in [0.4, 0.5) is 8.78 Å². The van der Waals surface area contributed by atoms with Crippen LogP contribution in [0.1, 0.15) is 22.8 Å². The molecule has 1 amide bonds. The Morgan fingerprint density at radius 1 is 1.05 bits per heavy atom. The first kappa shape index (κ1) is 15.1. The van der Waals surface area contributed by atoms with E-state index >= 15 is 0 Å². The highest BCUT2D eigenvalue weighted by atomic mass is 19.1. The lowest BCUT2D eigenvalue weighted by molar-refractivity contribution is 0.0526. The molecule has 110 valence electrons. The molecule has 2 aromatic rings. The zero-order valence-electron chi connectivity index (χ0n) is 11.4. The highest BCUT2D eigenvalue weighted by molar-refractivity contribution is 5.94. The number of carbonyl (C=O) groups is 1. The van der Waals surface area contributed by atoms with Crippen molar-refractivity contribution in [1.82, 2.24) is 5.32 Å². The van der Waals surface area contributed by atoms with E-state index < -0.39 is 23.1 Å². The number of hydrogen-bond acceptors (Lipinski definition) is 2. The lowest BCUT2D eigenvalue weighted by Gasteiger charge is -2.24. The number of nitrogens with one attached hydrogen (secondary N) is 1. The number of amides is 1. The van der Waals surface area contributed by atoms with Crippen molar-refractivity contribution in [2.24, 2.45) is 0 Å². The van der Waals surface area contributed by atoms with E-state index in [1.165, 1.54) is 55.5 Å². The van der Waals surface area contributed by atoms with Crippen LogP contribution >= 0.6 is 0 Å². The van der Waals surface area contributed by atoms with Crippen LogP contribution in [0.2, 0.25) is 0 Å². The molecule has 0 aromatic heterocycles. The summed E-state index contributed by atoms with van der Waals surface area (Å²) in [5, 5.41) is 12.9. The summed E-state index contributed by atoms with van der Waals surface area (Å²) in [5.41, 5.74) is -0.543. The van der Waals surface area contributed by atoms with E-state index in [-0.39, 0.29) is 6.54 Å². The summed E-state index contributed by atoms with van der Waals surface area (Å²) in [6.07, 6.45) is 0. The molecule has 0 aliphatic rings. The van der Waals surface area contributed by atoms with Crippen LogP contribution in [0.25, 0.3) is 0 Å². The Labute approximate surface area is 121 Å². The third-order valence-electron chi connectivity index (χ3n) is 3.17. The minimum absolute atomic E-state index is 0.0468. The highest BCUT2D eigenvalue weighted by Crippen LogP contribution is 2.20. The maximum atomic E-state index is 12.9. The molecule has 1 atom stereocenters. The van der Waals surface area contributed by atoms with Gasteiger partial charge in [0.2, 0.25) is 0 Å².